The first-order chi connectivity index (χ1) is 5.00. The molecule has 0 aliphatic heterocycles. The van der Waals surface area contributed by atoms with E-state index >= 15 is 0 Å². The van der Waals surface area contributed by atoms with E-state index in [1.54, 1.807) is 20.8 Å². The summed E-state index contributed by atoms with van der Waals surface area (Å²) in [6, 6.07) is 0. The molecule has 0 aromatic heterocycles. The van der Waals surface area contributed by atoms with E-state index in [-0.39, 0.29) is 17.4 Å². The summed E-state index contributed by atoms with van der Waals surface area (Å²) in [6.07, 6.45) is 5.10. The number of hydrogen-bond acceptors (Lipinski definition) is 2. The lowest BCUT2D eigenvalue weighted by molar-refractivity contribution is -0.122. The van der Waals surface area contributed by atoms with Gasteiger partial charge in [-0.3, -0.25) is 4.79 Å². The van der Waals surface area contributed by atoms with Gasteiger partial charge in [0.1, 0.15) is 5.92 Å². The summed E-state index contributed by atoms with van der Waals surface area (Å²) in [6.45, 7) is 5.13. The number of carbonyl (C=O) groups is 1. The van der Waals surface area contributed by atoms with E-state index in [2.05, 4.69) is 5.92 Å². The number of nitrogens with one attached hydrogen (secondary N) is 1. The molecule has 0 rings (SSSR count). The minimum Gasteiger partial charge on any atom is -0.308 e. The molecular weight excluding hydrogens is 138 g/mol. The van der Waals surface area contributed by atoms with Gasteiger partial charge in [-0.05, 0) is 6.92 Å². The number of Topliss-reactive ketones (excluding diaryl/α,β-unsaturated/α-hetero) is 1. The third kappa shape index (κ3) is 2.55. The number of ketones is 1. The third-order valence-electron chi connectivity index (χ3n) is 1.45. The Labute approximate surface area is 67.5 Å². The third-order valence-corrected chi connectivity index (χ3v) is 1.45. The normalized spacial score (nSPS) is 12.3. The van der Waals surface area contributed by atoms with Crippen LogP contribution in [0.15, 0.2) is 0 Å². The maximum Gasteiger partial charge on any atom is 0.155 e. The number of carbonyl (C=O) groups excluding carboxylic acids is 1. The Kier molecular flexibility index (Phi) is 3.53. The highest BCUT2D eigenvalue weighted by atomic mass is 16.1. The van der Waals surface area contributed by atoms with Gasteiger partial charge >= 0.3 is 0 Å². The first kappa shape index (κ1) is 9.90. The fourth-order valence-corrected chi connectivity index (χ4v) is 0.754. The average molecular weight is 151 g/mol. The highest BCUT2D eigenvalue weighted by molar-refractivity contribution is 6.06. The SMILES string of the molecule is C#C[C@H](C(C)=N)C(=O)C(C)C. The van der Waals surface area contributed by atoms with Crippen LogP contribution in [-0.4, -0.2) is 11.5 Å². The Hall–Kier alpha value is -1.10. The van der Waals surface area contributed by atoms with Crippen LogP contribution < -0.4 is 0 Å². The van der Waals surface area contributed by atoms with Crippen molar-refractivity contribution in [2.24, 2.45) is 11.8 Å². The van der Waals surface area contributed by atoms with Crippen molar-refractivity contribution in [3.05, 3.63) is 0 Å². The van der Waals surface area contributed by atoms with Gasteiger partial charge in [0, 0.05) is 11.6 Å². The molecule has 0 heterocycles. The summed E-state index contributed by atoms with van der Waals surface area (Å²) in [7, 11) is 0. The lowest BCUT2D eigenvalue weighted by Crippen LogP contribution is -2.23. The topological polar surface area (TPSA) is 40.9 Å². The highest BCUT2D eigenvalue weighted by Crippen LogP contribution is 2.06. The quantitative estimate of drug-likeness (QED) is 0.482. The van der Waals surface area contributed by atoms with Crippen LogP contribution in [0.3, 0.4) is 0 Å². The van der Waals surface area contributed by atoms with Gasteiger partial charge in [-0.1, -0.05) is 19.8 Å². The molecule has 0 saturated heterocycles. The molecule has 0 amide bonds. The van der Waals surface area contributed by atoms with Crippen molar-refractivity contribution in [1.29, 1.82) is 5.41 Å². The molecular formula is C9H13NO. The smallest absolute Gasteiger partial charge is 0.155 e. The Morgan fingerprint density at radius 2 is 2.00 bits per heavy atom. The fraction of sp³-hybridized carbons (Fsp3) is 0.556. The molecule has 0 bridgehead atoms. The summed E-state index contributed by atoms with van der Waals surface area (Å²) in [5.74, 6) is 1.56. The van der Waals surface area contributed by atoms with Crippen LogP contribution in [-0.2, 0) is 4.79 Å². The van der Waals surface area contributed by atoms with Gasteiger partial charge in [0.05, 0.1) is 0 Å². The molecule has 0 spiro atoms. The molecule has 60 valence electrons. The fourth-order valence-electron chi connectivity index (χ4n) is 0.754. The van der Waals surface area contributed by atoms with Crippen LogP contribution in [0.2, 0.25) is 0 Å². The van der Waals surface area contributed by atoms with Gasteiger partial charge < -0.3 is 5.41 Å². The molecule has 0 saturated carbocycles. The minimum atomic E-state index is -0.616. The van der Waals surface area contributed by atoms with Crippen LogP contribution in [0, 0.1) is 29.6 Å². The highest BCUT2D eigenvalue weighted by Gasteiger charge is 2.20. The van der Waals surface area contributed by atoms with Gasteiger partial charge in [0.2, 0.25) is 0 Å². The molecule has 0 aromatic carbocycles. The van der Waals surface area contributed by atoms with Crippen LogP contribution >= 0.6 is 0 Å². The predicted octanol–water partition coefficient (Wildman–Crippen LogP) is 1.50. The molecule has 0 aliphatic carbocycles. The van der Waals surface area contributed by atoms with Crippen molar-refractivity contribution in [1.82, 2.24) is 0 Å². The molecule has 0 aromatic rings. The Morgan fingerprint density at radius 3 is 2.09 bits per heavy atom. The Bertz CT molecular complexity index is 210. The van der Waals surface area contributed by atoms with E-state index < -0.39 is 5.92 Å². The van der Waals surface area contributed by atoms with Crippen LogP contribution in [0.5, 0.6) is 0 Å². The average Bonchev–Trinajstić information content (AvgIpc) is 1.88. The standard InChI is InChI=1S/C9H13NO/c1-5-8(7(4)10)9(11)6(2)3/h1,6,8,10H,2-4H3/t8-/m1/s1. The zero-order valence-electron chi connectivity index (χ0n) is 7.14. The van der Waals surface area contributed by atoms with Gasteiger partial charge in [0.15, 0.2) is 5.78 Å². The van der Waals surface area contributed by atoms with Crippen LogP contribution in [0.4, 0.5) is 0 Å². The van der Waals surface area contributed by atoms with Crippen molar-refractivity contribution in [3.63, 3.8) is 0 Å². The number of hydrogen-bond donors (Lipinski definition) is 1. The Morgan fingerprint density at radius 1 is 1.55 bits per heavy atom. The van der Waals surface area contributed by atoms with E-state index in [9.17, 15) is 4.79 Å². The first-order valence-electron chi connectivity index (χ1n) is 3.55. The molecule has 11 heavy (non-hydrogen) atoms. The van der Waals surface area contributed by atoms with Crippen LogP contribution in [0.1, 0.15) is 20.8 Å². The molecule has 0 fully saturated rings. The largest absolute Gasteiger partial charge is 0.308 e. The summed E-state index contributed by atoms with van der Waals surface area (Å²) < 4.78 is 0. The zero-order valence-corrected chi connectivity index (χ0v) is 7.14. The van der Waals surface area contributed by atoms with E-state index in [0.717, 1.165) is 0 Å². The van der Waals surface area contributed by atoms with E-state index in [4.69, 9.17) is 11.8 Å². The lowest BCUT2D eigenvalue weighted by Gasteiger charge is -2.09. The monoisotopic (exact) mass is 151 g/mol. The number of rotatable bonds is 3. The zero-order chi connectivity index (χ0) is 9.02. The molecule has 0 aliphatic rings. The summed E-state index contributed by atoms with van der Waals surface area (Å²) in [5, 5.41) is 7.21. The molecule has 2 nitrogen and oxygen atoms in total. The summed E-state index contributed by atoms with van der Waals surface area (Å²) in [4.78, 5) is 11.2. The molecule has 0 radical (unpaired) electrons. The second-order valence-corrected chi connectivity index (χ2v) is 2.84. The van der Waals surface area contributed by atoms with Crippen molar-refractivity contribution in [2.75, 3.05) is 0 Å². The van der Waals surface area contributed by atoms with Crippen molar-refractivity contribution < 1.29 is 4.79 Å². The minimum absolute atomic E-state index is 0.0417. The summed E-state index contributed by atoms with van der Waals surface area (Å²) in [5.41, 5.74) is 0.256. The van der Waals surface area contributed by atoms with Crippen molar-refractivity contribution in [2.45, 2.75) is 20.8 Å². The second-order valence-electron chi connectivity index (χ2n) is 2.84. The van der Waals surface area contributed by atoms with Gasteiger partial charge in [-0.25, -0.2) is 0 Å². The molecule has 1 N–H and O–H groups in total. The Balaban J connectivity index is 4.43. The predicted molar refractivity (Wildman–Crippen MR) is 45.6 cm³/mol. The molecule has 1 atom stereocenters. The number of terminal acetylenes is 1. The van der Waals surface area contributed by atoms with Crippen LogP contribution in [0.25, 0.3) is 0 Å². The van der Waals surface area contributed by atoms with E-state index in [1.165, 1.54) is 0 Å². The maximum atomic E-state index is 11.2. The maximum absolute atomic E-state index is 11.2. The van der Waals surface area contributed by atoms with Gasteiger partial charge in [-0.15, -0.1) is 6.42 Å². The molecule has 2 heteroatoms. The van der Waals surface area contributed by atoms with E-state index in [1.807, 2.05) is 0 Å². The lowest BCUT2D eigenvalue weighted by atomic mass is 9.93. The first-order valence-corrected chi connectivity index (χ1v) is 3.55. The van der Waals surface area contributed by atoms with Gasteiger partial charge in [0.25, 0.3) is 0 Å². The van der Waals surface area contributed by atoms with E-state index in [0.29, 0.717) is 0 Å². The van der Waals surface area contributed by atoms with Gasteiger partial charge in [-0.2, -0.15) is 0 Å². The van der Waals surface area contributed by atoms with Crippen molar-refractivity contribution in [3.8, 4) is 12.3 Å². The van der Waals surface area contributed by atoms with Crippen molar-refractivity contribution >= 4 is 11.5 Å². The summed E-state index contributed by atoms with van der Waals surface area (Å²) >= 11 is 0. The molecule has 0 unspecified atom stereocenters. The second kappa shape index (κ2) is 3.92.